The number of hydrogen-bond donors (Lipinski definition) is 1. The Morgan fingerprint density at radius 2 is 1.90 bits per heavy atom. The summed E-state index contributed by atoms with van der Waals surface area (Å²) in [6.45, 7) is 21.4. The Kier molecular flexibility index (Phi) is 16.4. The molecule has 1 heterocycles. The van der Waals surface area contributed by atoms with Crippen LogP contribution in [0.3, 0.4) is 0 Å². The van der Waals surface area contributed by atoms with Crippen molar-refractivity contribution in [2.75, 3.05) is 33.8 Å². The predicted octanol–water partition coefficient (Wildman–Crippen LogP) is 8.02. The highest BCUT2D eigenvalue weighted by Crippen LogP contribution is 2.29. The molecule has 226 valence electrons. The molecule has 1 aliphatic rings. The zero-order valence-corrected chi connectivity index (χ0v) is 27.1. The van der Waals surface area contributed by atoms with Crippen molar-refractivity contribution in [3.8, 4) is 0 Å². The fourth-order valence-electron chi connectivity index (χ4n) is 5.17. The molecule has 2 rings (SSSR count). The molecule has 1 aliphatic heterocycles. The monoisotopic (exact) mass is 577 g/mol. The van der Waals surface area contributed by atoms with Gasteiger partial charge in [0.2, 0.25) is 0 Å². The number of allylic oxidation sites excluding steroid dienone is 3. The number of nitrogens with one attached hydrogen (secondary N) is 1. The number of hydrogen-bond acceptors (Lipinski definition) is 4. The van der Waals surface area contributed by atoms with Crippen LogP contribution in [0, 0.1) is 5.82 Å². The summed E-state index contributed by atoms with van der Waals surface area (Å²) in [6, 6.07) is 4.83. The maximum absolute atomic E-state index is 13.5. The molecule has 3 atom stereocenters. The standard InChI is InChI=1S/C31H47ClFN3O2.C2H6/c1-9-12-27-19-26(34-31(37)25-13-14-29(33)28(32)18-25)17-22(4)36(27)20-21(3)23(5)24(6)30(10-2)38-16-11-15-35(7)8;1-2/h10,13-14,18,22,26-27H,2,9,11-12,15-17,19-20H2,1,3-8H3,(H,34,37);1-2H3/b23-21+,30-24+;. The number of ether oxygens (including phenoxy) is 1. The fourth-order valence-corrected chi connectivity index (χ4v) is 5.35. The number of benzene rings is 1. The van der Waals surface area contributed by atoms with E-state index in [2.05, 4.69) is 70.4 Å². The minimum Gasteiger partial charge on any atom is -0.493 e. The third kappa shape index (κ3) is 11.0. The molecule has 1 N–H and O–H groups in total. The number of amides is 1. The smallest absolute Gasteiger partial charge is 0.251 e. The molecule has 0 aromatic heterocycles. The lowest BCUT2D eigenvalue weighted by Gasteiger charge is -2.45. The summed E-state index contributed by atoms with van der Waals surface area (Å²) < 4.78 is 19.6. The van der Waals surface area contributed by atoms with Crippen molar-refractivity contribution in [2.45, 2.75) is 98.7 Å². The number of nitrogens with zero attached hydrogens (tertiary/aromatic N) is 2. The Labute approximate surface area is 248 Å². The van der Waals surface area contributed by atoms with E-state index in [1.807, 2.05) is 19.9 Å². The Morgan fingerprint density at radius 3 is 2.48 bits per heavy atom. The molecule has 7 heteroatoms. The summed E-state index contributed by atoms with van der Waals surface area (Å²) >= 11 is 5.89. The van der Waals surface area contributed by atoms with Gasteiger partial charge in [0.15, 0.2) is 0 Å². The van der Waals surface area contributed by atoms with Crippen LogP contribution < -0.4 is 5.32 Å². The van der Waals surface area contributed by atoms with Crippen LogP contribution in [0.5, 0.6) is 0 Å². The molecule has 1 fully saturated rings. The van der Waals surface area contributed by atoms with Crippen molar-refractivity contribution in [2.24, 2.45) is 0 Å². The average Bonchev–Trinajstić information content (AvgIpc) is 2.92. The average molecular weight is 578 g/mol. The summed E-state index contributed by atoms with van der Waals surface area (Å²) in [5.74, 6) is 0.122. The predicted molar refractivity (Wildman–Crippen MR) is 169 cm³/mol. The maximum Gasteiger partial charge on any atom is 0.251 e. The van der Waals surface area contributed by atoms with Gasteiger partial charge in [0, 0.05) is 36.8 Å². The lowest BCUT2D eigenvalue weighted by Crippen LogP contribution is -2.54. The molecule has 0 spiro atoms. The van der Waals surface area contributed by atoms with Crippen LogP contribution in [0.1, 0.15) is 90.9 Å². The van der Waals surface area contributed by atoms with Gasteiger partial charge in [0.05, 0.1) is 11.6 Å². The van der Waals surface area contributed by atoms with Crippen molar-refractivity contribution in [1.29, 1.82) is 0 Å². The van der Waals surface area contributed by atoms with E-state index in [4.69, 9.17) is 16.3 Å². The normalized spacial score (nSPS) is 20.6. The number of rotatable bonds is 13. The summed E-state index contributed by atoms with van der Waals surface area (Å²) in [5.41, 5.74) is 4.06. The van der Waals surface area contributed by atoms with Gasteiger partial charge in [0.25, 0.3) is 5.91 Å². The van der Waals surface area contributed by atoms with E-state index in [0.29, 0.717) is 24.3 Å². The van der Waals surface area contributed by atoms with Crippen LogP contribution >= 0.6 is 11.6 Å². The molecule has 0 bridgehead atoms. The fraction of sp³-hybridized carbons (Fsp3) is 0.606. The number of likely N-dealkylation sites (tertiary alicyclic amines) is 1. The highest BCUT2D eigenvalue weighted by atomic mass is 35.5. The lowest BCUT2D eigenvalue weighted by molar-refractivity contribution is 0.0681. The van der Waals surface area contributed by atoms with Crippen LogP contribution in [-0.4, -0.2) is 67.6 Å². The lowest BCUT2D eigenvalue weighted by atomic mass is 9.88. The van der Waals surface area contributed by atoms with Crippen molar-refractivity contribution < 1.29 is 13.9 Å². The summed E-state index contributed by atoms with van der Waals surface area (Å²) in [7, 11) is 4.13. The Morgan fingerprint density at radius 1 is 1.23 bits per heavy atom. The van der Waals surface area contributed by atoms with Gasteiger partial charge in [-0.15, -0.1) is 0 Å². The zero-order valence-electron chi connectivity index (χ0n) is 26.4. The van der Waals surface area contributed by atoms with E-state index >= 15 is 0 Å². The largest absolute Gasteiger partial charge is 0.493 e. The van der Waals surface area contributed by atoms with Gasteiger partial charge in [-0.3, -0.25) is 9.69 Å². The molecular weight excluding hydrogens is 525 g/mol. The van der Waals surface area contributed by atoms with E-state index in [1.54, 1.807) is 0 Å². The van der Waals surface area contributed by atoms with Gasteiger partial charge in [-0.1, -0.05) is 50.9 Å². The molecule has 0 aliphatic carbocycles. The SMILES string of the molecule is C=C/C(OCCCN(C)C)=C(C)\C(C)=C(/C)CN1C(C)CC(NC(=O)c2ccc(F)c(Cl)c2)CC1CCC.CC. The van der Waals surface area contributed by atoms with E-state index in [1.165, 1.54) is 29.3 Å². The Hall–Kier alpha value is -2.15. The first-order chi connectivity index (χ1) is 19.0. The van der Waals surface area contributed by atoms with Crippen molar-refractivity contribution in [1.82, 2.24) is 15.1 Å². The molecule has 1 aromatic rings. The number of halogens is 2. The summed E-state index contributed by atoms with van der Waals surface area (Å²) in [5, 5.41) is 3.14. The van der Waals surface area contributed by atoms with Gasteiger partial charge < -0.3 is 15.0 Å². The molecule has 0 radical (unpaired) electrons. The van der Waals surface area contributed by atoms with Crippen LogP contribution in [-0.2, 0) is 4.74 Å². The highest BCUT2D eigenvalue weighted by Gasteiger charge is 2.34. The minimum absolute atomic E-state index is 0.0368. The quantitative estimate of drug-likeness (QED) is 0.146. The second-order valence-electron chi connectivity index (χ2n) is 10.8. The number of carbonyl (C=O) groups excluding carboxylic acids is 1. The zero-order chi connectivity index (χ0) is 30.4. The van der Waals surface area contributed by atoms with Gasteiger partial charge in [-0.2, -0.15) is 0 Å². The Bertz CT molecular complexity index is 1020. The number of carbonyl (C=O) groups is 1. The van der Waals surface area contributed by atoms with Gasteiger partial charge >= 0.3 is 0 Å². The maximum atomic E-state index is 13.5. The Balaban J connectivity index is 0.00000391. The first-order valence-electron chi connectivity index (χ1n) is 14.8. The van der Waals surface area contributed by atoms with Crippen LogP contribution in [0.4, 0.5) is 4.39 Å². The first-order valence-corrected chi connectivity index (χ1v) is 15.1. The molecule has 40 heavy (non-hydrogen) atoms. The van der Waals surface area contributed by atoms with E-state index in [0.717, 1.165) is 56.5 Å². The van der Waals surface area contributed by atoms with E-state index in [9.17, 15) is 9.18 Å². The minimum atomic E-state index is -0.520. The summed E-state index contributed by atoms with van der Waals surface area (Å²) in [6.07, 6.45) is 6.65. The second-order valence-corrected chi connectivity index (χ2v) is 11.2. The van der Waals surface area contributed by atoms with Crippen LogP contribution in [0.25, 0.3) is 0 Å². The van der Waals surface area contributed by atoms with Crippen LogP contribution in [0.2, 0.25) is 5.02 Å². The van der Waals surface area contributed by atoms with E-state index in [-0.39, 0.29) is 17.0 Å². The van der Waals surface area contributed by atoms with Crippen molar-refractivity contribution >= 4 is 17.5 Å². The van der Waals surface area contributed by atoms with Crippen LogP contribution in [0.15, 0.2) is 53.3 Å². The molecule has 3 unspecified atom stereocenters. The molecule has 5 nitrogen and oxygen atoms in total. The van der Waals surface area contributed by atoms with Gasteiger partial charge in [0.1, 0.15) is 11.6 Å². The molecule has 0 saturated carbocycles. The summed E-state index contributed by atoms with van der Waals surface area (Å²) in [4.78, 5) is 17.6. The van der Waals surface area contributed by atoms with E-state index < -0.39 is 5.82 Å². The third-order valence-electron chi connectivity index (χ3n) is 7.54. The van der Waals surface area contributed by atoms with Gasteiger partial charge in [-0.05, 0) is 103 Å². The molecule has 1 aromatic carbocycles. The molecule has 1 saturated heterocycles. The molecular formula is C33H53ClFN3O2. The topological polar surface area (TPSA) is 44.8 Å². The van der Waals surface area contributed by atoms with Gasteiger partial charge in [-0.25, -0.2) is 4.39 Å². The number of piperidine rings is 1. The second kappa shape index (κ2) is 18.3. The first kappa shape index (κ1) is 35.9. The highest BCUT2D eigenvalue weighted by molar-refractivity contribution is 6.31. The van der Waals surface area contributed by atoms with Crippen molar-refractivity contribution in [3.05, 3.63) is 69.7 Å². The third-order valence-corrected chi connectivity index (χ3v) is 7.83. The molecule has 1 amide bonds. The van der Waals surface area contributed by atoms with Crippen molar-refractivity contribution in [3.63, 3.8) is 0 Å².